The molecule has 5 nitrogen and oxygen atoms in total. The molecule has 0 N–H and O–H groups in total. The highest BCUT2D eigenvalue weighted by molar-refractivity contribution is 7.98. The zero-order chi connectivity index (χ0) is 17.9. The van der Waals surface area contributed by atoms with Crippen LogP contribution >= 0.6 is 11.8 Å². The van der Waals surface area contributed by atoms with E-state index in [1.54, 1.807) is 11.8 Å². The predicted octanol–water partition coefficient (Wildman–Crippen LogP) is 3.51. The van der Waals surface area contributed by atoms with Crippen molar-refractivity contribution in [3.8, 4) is 5.69 Å². The number of likely N-dealkylation sites (tertiary alicyclic amines) is 1. The smallest absolute Gasteiger partial charge is 0.223 e. The van der Waals surface area contributed by atoms with Gasteiger partial charge in [0.1, 0.15) is 5.82 Å². The lowest BCUT2D eigenvalue weighted by Gasteiger charge is -2.17. The fourth-order valence-electron chi connectivity index (χ4n) is 3.40. The average molecular weight is 364 g/mol. The third-order valence-electron chi connectivity index (χ3n) is 4.65. The standard InChI is InChI=1S/C20H20N4OS/c1-26-20-22-21-19(24(20)17-10-6-3-7-11-17)16-12-18(25)23(14-16)13-15-8-4-2-5-9-15/h2-11,16H,12-14H2,1H3. The van der Waals surface area contributed by atoms with Crippen molar-refractivity contribution in [3.63, 3.8) is 0 Å². The molecule has 1 saturated heterocycles. The first-order valence-corrected chi connectivity index (χ1v) is 9.85. The van der Waals surface area contributed by atoms with E-state index in [2.05, 4.69) is 26.9 Å². The Morgan fingerprint density at radius 3 is 2.42 bits per heavy atom. The predicted molar refractivity (Wildman–Crippen MR) is 102 cm³/mol. The number of para-hydroxylation sites is 1. The van der Waals surface area contributed by atoms with Crippen LogP contribution < -0.4 is 0 Å². The molecule has 1 aliphatic heterocycles. The van der Waals surface area contributed by atoms with E-state index in [0.717, 1.165) is 22.2 Å². The molecule has 4 rings (SSSR count). The molecule has 2 aromatic carbocycles. The number of carbonyl (C=O) groups is 1. The molecule has 0 radical (unpaired) electrons. The molecule has 1 unspecified atom stereocenters. The highest BCUT2D eigenvalue weighted by atomic mass is 32.2. The van der Waals surface area contributed by atoms with Gasteiger partial charge in [-0.2, -0.15) is 0 Å². The van der Waals surface area contributed by atoms with Crippen LogP contribution in [0, 0.1) is 0 Å². The fraction of sp³-hybridized carbons (Fsp3) is 0.250. The summed E-state index contributed by atoms with van der Waals surface area (Å²) in [6.07, 6.45) is 2.47. The summed E-state index contributed by atoms with van der Waals surface area (Å²) in [5.41, 5.74) is 2.18. The van der Waals surface area contributed by atoms with Crippen molar-refractivity contribution in [2.24, 2.45) is 0 Å². The molecular formula is C20H20N4OS. The van der Waals surface area contributed by atoms with Gasteiger partial charge in [0.25, 0.3) is 0 Å². The topological polar surface area (TPSA) is 51.0 Å². The second kappa shape index (κ2) is 7.33. The normalized spacial score (nSPS) is 17.0. The molecule has 0 spiro atoms. The maximum atomic E-state index is 12.5. The Labute approximate surface area is 157 Å². The van der Waals surface area contributed by atoms with E-state index >= 15 is 0 Å². The highest BCUT2D eigenvalue weighted by Gasteiger charge is 2.34. The van der Waals surface area contributed by atoms with Crippen molar-refractivity contribution in [2.45, 2.75) is 24.0 Å². The lowest BCUT2D eigenvalue weighted by Crippen LogP contribution is -2.24. The minimum atomic E-state index is 0.0554. The first kappa shape index (κ1) is 16.8. The zero-order valence-corrected chi connectivity index (χ0v) is 15.4. The van der Waals surface area contributed by atoms with Gasteiger partial charge in [-0.15, -0.1) is 10.2 Å². The van der Waals surface area contributed by atoms with Crippen molar-refractivity contribution >= 4 is 17.7 Å². The van der Waals surface area contributed by atoms with Crippen LogP contribution in [0.1, 0.15) is 23.7 Å². The second-order valence-electron chi connectivity index (χ2n) is 6.38. The minimum absolute atomic E-state index is 0.0554. The van der Waals surface area contributed by atoms with E-state index in [1.807, 2.05) is 59.7 Å². The highest BCUT2D eigenvalue weighted by Crippen LogP contribution is 2.31. The van der Waals surface area contributed by atoms with Crippen LogP contribution in [0.2, 0.25) is 0 Å². The Kier molecular flexibility index (Phi) is 4.75. The molecule has 132 valence electrons. The summed E-state index contributed by atoms with van der Waals surface area (Å²) in [6.45, 7) is 1.32. The van der Waals surface area contributed by atoms with Gasteiger partial charge in [0, 0.05) is 31.1 Å². The first-order chi connectivity index (χ1) is 12.8. The maximum absolute atomic E-state index is 12.5. The van der Waals surface area contributed by atoms with Crippen molar-refractivity contribution < 1.29 is 4.79 Å². The van der Waals surface area contributed by atoms with Gasteiger partial charge < -0.3 is 4.90 Å². The minimum Gasteiger partial charge on any atom is -0.338 e. The summed E-state index contributed by atoms with van der Waals surface area (Å²) in [5, 5.41) is 9.62. The molecule has 2 heterocycles. The molecule has 3 aromatic rings. The lowest BCUT2D eigenvalue weighted by atomic mass is 10.1. The molecule has 26 heavy (non-hydrogen) atoms. The van der Waals surface area contributed by atoms with Gasteiger partial charge in [-0.1, -0.05) is 60.3 Å². The van der Waals surface area contributed by atoms with Gasteiger partial charge in [-0.25, -0.2) is 0 Å². The third-order valence-corrected chi connectivity index (χ3v) is 5.28. The van der Waals surface area contributed by atoms with Crippen molar-refractivity contribution in [3.05, 3.63) is 72.1 Å². The van der Waals surface area contributed by atoms with E-state index < -0.39 is 0 Å². The maximum Gasteiger partial charge on any atom is 0.223 e. The molecule has 0 saturated carbocycles. The van der Waals surface area contributed by atoms with Crippen molar-refractivity contribution in [2.75, 3.05) is 12.8 Å². The number of hydrogen-bond donors (Lipinski definition) is 0. The monoisotopic (exact) mass is 364 g/mol. The number of amides is 1. The van der Waals surface area contributed by atoms with E-state index in [4.69, 9.17) is 0 Å². The van der Waals surface area contributed by atoms with Crippen LogP contribution in [-0.4, -0.2) is 38.4 Å². The summed E-state index contributed by atoms with van der Waals surface area (Å²) in [4.78, 5) is 14.5. The van der Waals surface area contributed by atoms with Crippen molar-refractivity contribution in [1.82, 2.24) is 19.7 Å². The number of hydrogen-bond acceptors (Lipinski definition) is 4. The largest absolute Gasteiger partial charge is 0.338 e. The van der Waals surface area contributed by atoms with Crippen LogP contribution in [0.15, 0.2) is 65.8 Å². The van der Waals surface area contributed by atoms with Crippen LogP contribution in [0.25, 0.3) is 5.69 Å². The lowest BCUT2D eigenvalue weighted by molar-refractivity contribution is -0.128. The van der Waals surface area contributed by atoms with E-state index in [9.17, 15) is 4.79 Å². The molecule has 1 amide bonds. The van der Waals surface area contributed by atoms with Gasteiger partial charge in [0.15, 0.2) is 5.16 Å². The SMILES string of the molecule is CSc1nnc(C2CC(=O)N(Cc3ccccc3)C2)n1-c1ccccc1. The van der Waals surface area contributed by atoms with Crippen molar-refractivity contribution in [1.29, 1.82) is 0 Å². The molecule has 0 bridgehead atoms. The quantitative estimate of drug-likeness (QED) is 0.650. The van der Waals surface area contributed by atoms with Gasteiger partial charge in [0.05, 0.1) is 0 Å². The number of benzene rings is 2. The summed E-state index contributed by atoms with van der Waals surface area (Å²) in [5.74, 6) is 1.09. The fourth-order valence-corrected chi connectivity index (χ4v) is 3.90. The summed E-state index contributed by atoms with van der Waals surface area (Å²) < 4.78 is 2.08. The second-order valence-corrected chi connectivity index (χ2v) is 7.15. The van der Waals surface area contributed by atoms with Gasteiger partial charge in [-0.05, 0) is 24.0 Å². The van der Waals surface area contributed by atoms with E-state index in [0.29, 0.717) is 19.5 Å². The molecule has 1 aromatic heterocycles. The first-order valence-electron chi connectivity index (χ1n) is 8.62. The Balaban J connectivity index is 1.61. The Bertz CT molecular complexity index is 895. The van der Waals surface area contributed by atoms with Gasteiger partial charge in [0.2, 0.25) is 5.91 Å². The zero-order valence-electron chi connectivity index (χ0n) is 14.6. The summed E-state index contributed by atoms with van der Waals surface area (Å²) >= 11 is 1.56. The molecular weight excluding hydrogens is 344 g/mol. The van der Waals surface area contributed by atoms with Crippen LogP contribution in [-0.2, 0) is 11.3 Å². The number of aromatic nitrogens is 3. The van der Waals surface area contributed by atoms with E-state index in [1.165, 1.54) is 0 Å². The average Bonchev–Trinajstić information content (AvgIpc) is 3.27. The molecule has 6 heteroatoms. The Hall–Kier alpha value is -2.60. The van der Waals surface area contributed by atoms with Crippen LogP contribution in [0.5, 0.6) is 0 Å². The van der Waals surface area contributed by atoms with Crippen LogP contribution in [0.3, 0.4) is 0 Å². The third kappa shape index (κ3) is 3.24. The number of nitrogens with zero attached hydrogens (tertiary/aromatic N) is 4. The molecule has 1 aliphatic rings. The van der Waals surface area contributed by atoms with E-state index in [-0.39, 0.29) is 11.8 Å². The molecule has 1 atom stereocenters. The van der Waals surface area contributed by atoms with Crippen LogP contribution in [0.4, 0.5) is 0 Å². The molecule has 1 fully saturated rings. The number of thioether (sulfide) groups is 1. The van der Waals surface area contributed by atoms with Gasteiger partial charge in [-0.3, -0.25) is 9.36 Å². The summed E-state index contributed by atoms with van der Waals surface area (Å²) in [7, 11) is 0. The Morgan fingerprint density at radius 1 is 1.04 bits per heavy atom. The number of carbonyl (C=O) groups excluding carboxylic acids is 1. The van der Waals surface area contributed by atoms with Gasteiger partial charge >= 0.3 is 0 Å². The number of rotatable bonds is 5. The Morgan fingerprint density at radius 2 is 1.73 bits per heavy atom. The molecule has 0 aliphatic carbocycles. The summed E-state index contributed by atoms with van der Waals surface area (Å²) in [6, 6.07) is 20.2.